The number of carboxylic acid groups (broad SMARTS) is 1. The highest BCUT2D eigenvalue weighted by Gasteiger charge is 2.31. The Hall–Kier alpha value is -1.63. The Morgan fingerprint density at radius 1 is 1.18 bits per heavy atom. The maximum absolute atomic E-state index is 13.2. The molecule has 1 saturated heterocycles. The zero-order valence-corrected chi connectivity index (χ0v) is 17.7. The van der Waals surface area contributed by atoms with E-state index in [1.54, 1.807) is 0 Å². The molecular weight excluding hydrogens is 378 g/mol. The second-order valence-electron chi connectivity index (χ2n) is 7.83. The molecule has 6 nitrogen and oxygen atoms in total. The SMILES string of the molecule is CC(C(=O)N1CCCc2ccccc21)N1CCCC(N(C)CC(=O)O)CC1.Cl. The number of rotatable bonds is 5. The number of aliphatic carboxylic acids is 1. The normalized spacial score (nSPS) is 21.4. The first-order chi connectivity index (χ1) is 13.0. The first-order valence-corrected chi connectivity index (χ1v) is 10.0. The number of halogens is 1. The molecular formula is C21H32ClN3O3. The summed E-state index contributed by atoms with van der Waals surface area (Å²) in [5.74, 6) is -0.606. The van der Waals surface area contributed by atoms with Gasteiger partial charge in [-0.05, 0) is 64.3 Å². The minimum Gasteiger partial charge on any atom is -0.480 e. The topological polar surface area (TPSA) is 64.1 Å². The van der Waals surface area contributed by atoms with E-state index in [9.17, 15) is 9.59 Å². The minimum atomic E-state index is -0.786. The molecule has 2 aliphatic heterocycles. The predicted molar refractivity (Wildman–Crippen MR) is 113 cm³/mol. The Kier molecular flexibility index (Phi) is 8.28. The van der Waals surface area contributed by atoms with Gasteiger partial charge in [-0.2, -0.15) is 0 Å². The standard InChI is InChI=1S/C21H31N3O3.ClH/c1-16(21(27)24-13-5-8-17-7-3-4-10-19(17)24)23-12-6-9-18(11-14-23)22(2)15-20(25)26;/h3-4,7,10,16,18H,5-6,8-9,11-15H2,1-2H3,(H,25,26);1H. The molecule has 2 heterocycles. The van der Waals surface area contributed by atoms with Crippen LogP contribution in [0.25, 0.3) is 0 Å². The lowest BCUT2D eigenvalue weighted by Gasteiger charge is -2.35. The maximum atomic E-state index is 13.2. The summed E-state index contributed by atoms with van der Waals surface area (Å²) in [5, 5.41) is 9.02. The quantitative estimate of drug-likeness (QED) is 0.809. The Morgan fingerprint density at radius 3 is 2.68 bits per heavy atom. The van der Waals surface area contributed by atoms with Crippen LogP contribution in [0.1, 0.15) is 38.2 Å². The molecule has 0 radical (unpaired) electrons. The first-order valence-electron chi connectivity index (χ1n) is 10.0. The maximum Gasteiger partial charge on any atom is 0.317 e. The molecule has 1 N–H and O–H groups in total. The molecule has 0 spiro atoms. The van der Waals surface area contributed by atoms with Crippen molar-refractivity contribution in [3.8, 4) is 0 Å². The van der Waals surface area contributed by atoms with E-state index in [0.717, 1.165) is 57.4 Å². The minimum absolute atomic E-state index is 0. The molecule has 1 fully saturated rings. The third kappa shape index (κ3) is 5.25. The van der Waals surface area contributed by atoms with Gasteiger partial charge in [0.15, 0.2) is 0 Å². The molecule has 1 aromatic rings. The van der Waals surface area contributed by atoms with Crippen molar-refractivity contribution in [2.45, 2.75) is 51.1 Å². The first kappa shape index (κ1) is 22.7. The Balaban J connectivity index is 0.00000280. The van der Waals surface area contributed by atoms with Gasteiger partial charge in [0, 0.05) is 24.8 Å². The highest BCUT2D eigenvalue weighted by atomic mass is 35.5. The van der Waals surface area contributed by atoms with Crippen LogP contribution in [0.5, 0.6) is 0 Å². The smallest absolute Gasteiger partial charge is 0.317 e. The van der Waals surface area contributed by atoms with Gasteiger partial charge in [-0.1, -0.05) is 18.2 Å². The number of aryl methyl sites for hydroxylation is 1. The van der Waals surface area contributed by atoms with Crippen LogP contribution in [0.3, 0.4) is 0 Å². The van der Waals surface area contributed by atoms with Crippen molar-refractivity contribution in [3.05, 3.63) is 29.8 Å². The highest BCUT2D eigenvalue weighted by Crippen LogP contribution is 2.28. The number of carbonyl (C=O) groups excluding carboxylic acids is 1. The van der Waals surface area contributed by atoms with Gasteiger partial charge < -0.3 is 10.0 Å². The largest absolute Gasteiger partial charge is 0.480 e. The van der Waals surface area contributed by atoms with Gasteiger partial charge in [0.1, 0.15) is 0 Å². The van der Waals surface area contributed by atoms with Crippen LogP contribution in [-0.2, 0) is 16.0 Å². The lowest BCUT2D eigenvalue weighted by Crippen LogP contribution is -2.49. The van der Waals surface area contributed by atoms with Crippen LogP contribution in [0.2, 0.25) is 0 Å². The van der Waals surface area contributed by atoms with Gasteiger partial charge in [-0.3, -0.25) is 19.4 Å². The summed E-state index contributed by atoms with van der Waals surface area (Å²) in [7, 11) is 1.88. The summed E-state index contributed by atoms with van der Waals surface area (Å²) in [6, 6.07) is 8.33. The lowest BCUT2D eigenvalue weighted by molar-refractivity contribution is -0.138. The number of benzene rings is 1. The molecule has 156 valence electrons. The second kappa shape index (κ2) is 10.2. The van der Waals surface area contributed by atoms with Gasteiger partial charge in [0.05, 0.1) is 12.6 Å². The Bertz CT molecular complexity index is 685. The van der Waals surface area contributed by atoms with Crippen LogP contribution in [0.4, 0.5) is 5.69 Å². The molecule has 1 aromatic carbocycles. The molecule has 0 aromatic heterocycles. The van der Waals surface area contributed by atoms with Gasteiger partial charge in [0.25, 0.3) is 0 Å². The summed E-state index contributed by atoms with van der Waals surface area (Å²) in [5.41, 5.74) is 2.32. The number of para-hydroxylation sites is 1. The van der Waals surface area contributed by atoms with E-state index in [4.69, 9.17) is 5.11 Å². The fourth-order valence-electron chi connectivity index (χ4n) is 4.42. The van der Waals surface area contributed by atoms with Gasteiger partial charge in [0.2, 0.25) is 5.91 Å². The number of nitrogens with zero attached hydrogens (tertiary/aromatic N) is 3. The molecule has 2 atom stereocenters. The average Bonchev–Trinajstić information content (AvgIpc) is 2.92. The second-order valence-corrected chi connectivity index (χ2v) is 7.83. The molecule has 28 heavy (non-hydrogen) atoms. The number of likely N-dealkylation sites (tertiary alicyclic amines) is 1. The van der Waals surface area contributed by atoms with E-state index in [2.05, 4.69) is 17.0 Å². The number of hydrogen-bond donors (Lipinski definition) is 1. The molecule has 0 bridgehead atoms. The van der Waals surface area contributed by atoms with Crippen LogP contribution in [-0.4, -0.2) is 72.1 Å². The predicted octanol–water partition coefficient (Wildman–Crippen LogP) is 2.65. The summed E-state index contributed by atoms with van der Waals surface area (Å²) in [6.45, 7) is 4.60. The fourth-order valence-corrected chi connectivity index (χ4v) is 4.42. The summed E-state index contributed by atoms with van der Waals surface area (Å²) < 4.78 is 0. The molecule has 2 unspecified atom stereocenters. The number of hydrogen-bond acceptors (Lipinski definition) is 4. The average molecular weight is 410 g/mol. The molecule has 7 heteroatoms. The number of carboxylic acids is 1. The monoisotopic (exact) mass is 409 g/mol. The van der Waals surface area contributed by atoms with E-state index in [1.165, 1.54) is 5.56 Å². The van der Waals surface area contributed by atoms with Gasteiger partial charge in [-0.15, -0.1) is 12.4 Å². The lowest BCUT2D eigenvalue weighted by atomic mass is 10.0. The van der Waals surface area contributed by atoms with Crippen molar-refractivity contribution in [2.75, 3.05) is 38.1 Å². The number of anilines is 1. The molecule has 0 aliphatic carbocycles. The molecule has 3 rings (SSSR count). The van der Waals surface area contributed by atoms with E-state index in [1.807, 2.05) is 35.9 Å². The zero-order valence-electron chi connectivity index (χ0n) is 16.8. The van der Waals surface area contributed by atoms with Crippen molar-refractivity contribution >= 4 is 30.0 Å². The fraction of sp³-hybridized carbons (Fsp3) is 0.619. The van der Waals surface area contributed by atoms with Crippen LogP contribution in [0, 0.1) is 0 Å². The third-order valence-corrected chi connectivity index (χ3v) is 6.02. The number of amides is 1. The third-order valence-electron chi connectivity index (χ3n) is 6.02. The van der Waals surface area contributed by atoms with Crippen molar-refractivity contribution in [1.82, 2.24) is 9.80 Å². The molecule has 0 saturated carbocycles. The highest BCUT2D eigenvalue weighted by molar-refractivity contribution is 5.98. The number of likely N-dealkylation sites (N-methyl/N-ethyl adjacent to an activating group) is 1. The number of fused-ring (bicyclic) bond motifs is 1. The van der Waals surface area contributed by atoms with E-state index in [0.29, 0.717) is 0 Å². The summed E-state index contributed by atoms with van der Waals surface area (Å²) in [6.07, 6.45) is 4.92. The zero-order chi connectivity index (χ0) is 19.4. The van der Waals surface area contributed by atoms with Gasteiger partial charge in [-0.25, -0.2) is 0 Å². The Morgan fingerprint density at radius 2 is 1.93 bits per heavy atom. The van der Waals surface area contributed by atoms with Gasteiger partial charge >= 0.3 is 5.97 Å². The van der Waals surface area contributed by atoms with Crippen LogP contribution in [0.15, 0.2) is 24.3 Å². The van der Waals surface area contributed by atoms with Crippen molar-refractivity contribution in [3.63, 3.8) is 0 Å². The summed E-state index contributed by atoms with van der Waals surface area (Å²) in [4.78, 5) is 30.4. The van der Waals surface area contributed by atoms with Crippen LogP contribution < -0.4 is 4.90 Å². The van der Waals surface area contributed by atoms with E-state index in [-0.39, 0.29) is 36.9 Å². The van der Waals surface area contributed by atoms with Crippen molar-refractivity contribution in [1.29, 1.82) is 0 Å². The molecule has 1 amide bonds. The van der Waals surface area contributed by atoms with E-state index >= 15 is 0 Å². The Labute approximate surface area is 173 Å². The molecule has 2 aliphatic rings. The number of carbonyl (C=O) groups is 2. The van der Waals surface area contributed by atoms with Crippen LogP contribution >= 0.6 is 12.4 Å². The van der Waals surface area contributed by atoms with Crippen molar-refractivity contribution < 1.29 is 14.7 Å². The van der Waals surface area contributed by atoms with Crippen molar-refractivity contribution in [2.24, 2.45) is 0 Å². The van der Waals surface area contributed by atoms with E-state index < -0.39 is 5.97 Å². The summed E-state index contributed by atoms with van der Waals surface area (Å²) >= 11 is 0.